The Morgan fingerprint density at radius 1 is 1.33 bits per heavy atom. The van der Waals surface area contributed by atoms with E-state index in [0.717, 1.165) is 12.8 Å². The van der Waals surface area contributed by atoms with Gasteiger partial charge in [0.25, 0.3) is 0 Å². The lowest BCUT2D eigenvalue weighted by Crippen LogP contribution is -2.45. The standard InChI is InChI=1S/C11H17ClN4O2/c1-3-18-10-15-8(12)14-9(16-10)13-7-11(17-2)5-4-6-11/h3-7H2,1-2H3,(H,13,14,15,16). The van der Waals surface area contributed by atoms with Crippen molar-refractivity contribution in [3.63, 3.8) is 0 Å². The maximum atomic E-state index is 5.80. The van der Waals surface area contributed by atoms with Gasteiger partial charge in [0.15, 0.2) is 0 Å². The van der Waals surface area contributed by atoms with Crippen molar-refractivity contribution >= 4 is 17.5 Å². The summed E-state index contributed by atoms with van der Waals surface area (Å²) in [5, 5.41) is 3.25. The van der Waals surface area contributed by atoms with Gasteiger partial charge in [-0.25, -0.2) is 0 Å². The van der Waals surface area contributed by atoms with Crippen molar-refractivity contribution in [3.05, 3.63) is 5.28 Å². The van der Waals surface area contributed by atoms with Crippen molar-refractivity contribution in [3.8, 4) is 6.01 Å². The van der Waals surface area contributed by atoms with Gasteiger partial charge in [0.2, 0.25) is 11.2 Å². The lowest BCUT2D eigenvalue weighted by atomic mass is 9.80. The molecule has 2 rings (SSSR count). The average Bonchev–Trinajstić information content (AvgIpc) is 2.28. The molecule has 0 aromatic carbocycles. The van der Waals surface area contributed by atoms with Crippen molar-refractivity contribution in [1.29, 1.82) is 0 Å². The Morgan fingerprint density at radius 3 is 2.67 bits per heavy atom. The Labute approximate surface area is 111 Å². The predicted octanol–water partition coefficient (Wildman–Crippen LogP) is 1.90. The molecule has 1 heterocycles. The number of anilines is 1. The number of nitrogens with one attached hydrogen (secondary N) is 1. The molecule has 0 atom stereocenters. The van der Waals surface area contributed by atoms with Crippen molar-refractivity contribution in [2.24, 2.45) is 0 Å². The van der Waals surface area contributed by atoms with Gasteiger partial charge < -0.3 is 14.8 Å². The van der Waals surface area contributed by atoms with E-state index < -0.39 is 0 Å². The lowest BCUT2D eigenvalue weighted by Gasteiger charge is -2.40. The van der Waals surface area contributed by atoms with Crippen LogP contribution in [0.1, 0.15) is 26.2 Å². The Balaban J connectivity index is 2.00. The molecular weight excluding hydrogens is 256 g/mol. The maximum absolute atomic E-state index is 5.80. The van der Waals surface area contributed by atoms with Gasteiger partial charge >= 0.3 is 6.01 Å². The second-order valence-electron chi connectivity index (χ2n) is 4.24. The van der Waals surface area contributed by atoms with Crippen LogP contribution < -0.4 is 10.1 Å². The highest BCUT2D eigenvalue weighted by Crippen LogP contribution is 2.34. The molecule has 0 spiro atoms. The molecule has 0 amide bonds. The van der Waals surface area contributed by atoms with Crippen LogP contribution in [0.5, 0.6) is 6.01 Å². The van der Waals surface area contributed by atoms with E-state index in [-0.39, 0.29) is 16.9 Å². The molecule has 0 radical (unpaired) electrons. The van der Waals surface area contributed by atoms with E-state index in [9.17, 15) is 0 Å². The zero-order chi connectivity index (χ0) is 13.0. The first-order valence-electron chi connectivity index (χ1n) is 6.01. The minimum absolute atomic E-state index is 0.0924. The summed E-state index contributed by atoms with van der Waals surface area (Å²) in [5.41, 5.74) is -0.0924. The van der Waals surface area contributed by atoms with E-state index in [0.29, 0.717) is 19.1 Å². The van der Waals surface area contributed by atoms with E-state index in [4.69, 9.17) is 21.1 Å². The molecule has 1 aromatic rings. The van der Waals surface area contributed by atoms with Gasteiger partial charge in [0, 0.05) is 13.7 Å². The molecule has 1 aromatic heterocycles. The molecule has 0 bridgehead atoms. The van der Waals surface area contributed by atoms with Crippen LogP contribution in [0.3, 0.4) is 0 Å². The highest BCUT2D eigenvalue weighted by molar-refractivity contribution is 6.28. The molecule has 1 N–H and O–H groups in total. The number of ether oxygens (including phenoxy) is 2. The minimum Gasteiger partial charge on any atom is -0.464 e. The summed E-state index contributed by atoms with van der Waals surface area (Å²) < 4.78 is 10.7. The lowest BCUT2D eigenvalue weighted by molar-refractivity contribution is -0.0602. The van der Waals surface area contributed by atoms with Crippen molar-refractivity contribution in [2.75, 3.05) is 25.6 Å². The summed E-state index contributed by atoms with van der Waals surface area (Å²) in [4.78, 5) is 12.0. The molecule has 6 nitrogen and oxygen atoms in total. The number of halogens is 1. The maximum Gasteiger partial charge on any atom is 0.322 e. The summed E-state index contributed by atoms with van der Waals surface area (Å²) in [6, 6.07) is 0.236. The molecule has 0 aliphatic heterocycles. The van der Waals surface area contributed by atoms with Gasteiger partial charge in [-0.3, -0.25) is 0 Å². The quantitative estimate of drug-likeness (QED) is 0.853. The molecule has 7 heteroatoms. The van der Waals surface area contributed by atoms with Crippen LogP contribution in [0.25, 0.3) is 0 Å². The number of rotatable bonds is 6. The van der Waals surface area contributed by atoms with Crippen LogP contribution >= 0.6 is 11.6 Å². The highest BCUT2D eigenvalue weighted by atomic mass is 35.5. The van der Waals surface area contributed by atoms with Gasteiger partial charge in [-0.15, -0.1) is 0 Å². The topological polar surface area (TPSA) is 69.2 Å². The SMILES string of the molecule is CCOc1nc(Cl)nc(NCC2(OC)CCC2)n1. The van der Waals surface area contributed by atoms with Gasteiger partial charge in [0.05, 0.1) is 12.2 Å². The minimum atomic E-state index is -0.0924. The molecule has 0 unspecified atom stereocenters. The molecule has 0 saturated heterocycles. The van der Waals surface area contributed by atoms with Crippen LogP contribution in [0, 0.1) is 0 Å². The fraction of sp³-hybridized carbons (Fsp3) is 0.727. The summed E-state index contributed by atoms with van der Waals surface area (Å²) in [5.74, 6) is 0.418. The normalized spacial score (nSPS) is 17.1. The molecule has 100 valence electrons. The van der Waals surface area contributed by atoms with E-state index in [1.165, 1.54) is 6.42 Å². The van der Waals surface area contributed by atoms with Gasteiger partial charge in [-0.05, 0) is 37.8 Å². The zero-order valence-corrected chi connectivity index (χ0v) is 11.3. The second-order valence-corrected chi connectivity index (χ2v) is 4.58. The number of aromatic nitrogens is 3. The predicted molar refractivity (Wildman–Crippen MR) is 68.1 cm³/mol. The third-order valence-electron chi connectivity index (χ3n) is 3.13. The van der Waals surface area contributed by atoms with Gasteiger partial charge in [-0.1, -0.05) is 0 Å². The molecule has 1 saturated carbocycles. The Hall–Kier alpha value is -1.14. The Kier molecular flexibility index (Phi) is 4.19. The van der Waals surface area contributed by atoms with Gasteiger partial charge in [0.1, 0.15) is 0 Å². The van der Waals surface area contributed by atoms with Crippen LogP contribution in [-0.2, 0) is 4.74 Å². The molecule has 18 heavy (non-hydrogen) atoms. The molecule has 1 aliphatic rings. The second kappa shape index (κ2) is 5.67. The molecule has 1 fully saturated rings. The summed E-state index contributed by atoms with van der Waals surface area (Å²) in [6.07, 6.45) is 3.29. The third-order valence-corrected chi connectivity index (χ3v) is 3.30. The number of hydrogen-bond donors (Lipinski definition) is 1. The summed E-state index contributed by atoms with van der Waals surface area (Å²) >= 11 is 5.80. The fourth-order valence-corrected chi connectivity index (χ4v) is 2.02. The van der Waals surface area contributed by atoms with Crippen molar-refractivity contribution < 1.29 is 9.47 Å². The fourth-order valence-electron chi connectivity index (χ4n) is 1.87. The van der Waals surface area contributed by atoms with Crippen LogP contribution in [0.2, 0.25) is 5.28 Å². The van der Waals surface area contributed by atoms with Crippen molar-refractivity contribution in [2.45, 2.75) is 31.8 Å². The summed E-state index contributed by atoms with van der Waals surface area (Å²) in [7, 11) is 1.73. The Bertz CT molecular complexity index is 407. The zero-order valence-electron chi connectivity index (χ0n) is 10.6. The van der Waals surface area contributed by atoms with Gasteiger partial charge in [-0.2, -0.15) is 15.0 Å². The van der Waals surface area contributed by atoms with Crippen molar-refractivity contribution in [1.82, 2.24) is 15.0 Å². The molecule has 1 aliphatic carbocycles. The first kappa shape index (κ1) is 13.3. The highest BCUT2D eigenvalue weighted by Gasteiger charge is 2.36. The molecular formula is C11H17ClN4O2. The van der Waals surface area contributed by atoms with E-state index in [1.807, 2.05) is 6.92 Å². The Morgan fingerprint density at radius 2 is 2.11 bits per heavy atom. The number of nitrogens with zero attached hydrogens (tertiary/aromatic N) is 3. The van der Waals surface area contributed by atoms with E-state index in [1.54, 1.807) is 7.11 Å². The average molecular weight is 273 g/mol. The van der Waals surface area contributed by atoms with E-state index >= 15 is 0 Å². The van der Waals surface area contributed by atoms with Crippen LogP contribution in [0.15, 0.2) is 0 Å². The van der Waals surface area contributed by atoms with E-state index in [2.05, 4.69) is 20.3 Å². The first-order chi connectivity index (χ1) is 8.67. The monoisotopic (exact) mass is 272 g/mol. The third kappa shape index (κ3) is 3.00. The number of methoxy groups -OCH3 is 1. The largest absolute Gasteiger partial charge is 0.464 e. The smallest absolute Gasteiger partial charge is 0.322 e. The summed E-state index contributed by atoms with van der Waals surface area (Å²) in [6.45, 7) is 3.01. The van der Waals surface area contributed by atoms with Crippen LogP contribution in [0.4, 0.5) is 5.95 Å². The van der Waals surface area contributed by atoms with Crippen LogP contribution in [-0.4, -0.2) is 40.8 Å². The first-order valence-corrected chi connectivity index (χ1v) is 6.39. The number of hydrogen-bond acceptors (Lipinski definition) is 6.